The lowest BCUT2D eigenvalue weighted by molar-refractivity contribution is 0.331. The molecule has 0 radical (unpaired) electrons. The lowest BCUT2D eigenvalue weighted by atomic mass is 10.1. The summed E-state index contributed by atoms with van der Waals surface area (Å²) in [5, 5.41) is 8.97. The molecule has 2 aromatic rings. The highest BCUT2D eigenvalue weighted by atomic mass is 32.1. The van der Waals surface area contributed by atoms with Gasteiger partial charge in [0.15, 0.2) is 5.96 Å². The Morgan fingerprint density at radius 2 is 1.85 bits per heavy atom. The zero-order valence-electron chi connectivity index (χ0n) is 15.9. The van der Waals surface area contributed by atoms with E-state index in [1.807, 2.05) is 18.4 Å². The maximum absolute atomic E-state index is 4.33. The Morgan fingerprint density at radius 1 is 1.12 bits per heavy atom. The van der Waals surface area contributed by atoms with Gasteiger partial charge in [0.25, 0.3) is 0 Å². The molecule has 2 N–H and O–H groups in total. The predicted molar refractivity (Wildman–Crippen MR) is 112 cm³/mol. The first-order chi connectivity index (χ1) is 12.7. The number of nitrogens with one attached hydrogen (secondary N) is 2. The molecule has 0 amide bonds. The quantitative estimate of drug-likeness (QED) is 0.575. The summed E-state index contributed by atoms with van der Waals surface area (Å²) in [7, 11) is 1.82. The molecule has 4 nitrogen and oxygen atoms in total. The highest BCUT2D eigenvalue weighted by molar-refractivity contribution is 7.10. The van der Waals surface area contributed by atoms with Gasteiger partial charge in [-0.05, 0) is 48.5 Å². The molecule has 3 rings (SSSR count). The number of hydrogen-bond donors (Lipinski definition) is 2. The average Bonchev–Trinajstić information content (AvgIpc) is 3.37. The van der Waals surface area contributed by atoms with Crippen LogP contribution in [0, 0.1) is 0 Å². The van der Waals surface area contributed by atoms with E-state index >= 15 is 0 Å². The van der Waals surface area contributed by atoms with E-state index in [9.17, 15) is 0 Å². The van der Waals surface area contributed by atoms with Crippen molar-refractivity contribution in [1.29, 1.82) is 0 Å². The van der Waals surface area contributed by atoms with Crippen molar-refractivity contribution in [3.05, 3.63) is 57.8 Å². The lowest BCUT2D eigenvalue weighted by Crippen LogP contribution is -2.38. The molecule has 1 saturated heterocycles. The number of hydrogen-bond acceptors (Lipinski definition) is 3. The zero-order chi connectivity index (χ0) is 18.2. The van der Waals surface area contributed by atoms with E-state index in [1.165, 1.54) is 41.9 Å². The van der Waals surface area contributed by atoms with E-state index in [0.717, 1.165) is 25.6 Å². The molecule has 0 bridgehead atoms. The molecule has 1 fully saturated rings. The maximum atomic E-state index is 4.33. The predicted octanol–water partition coefficient (Wildman–Crippen LogP) is 3.81. The highest BCUT2D eigenvalue weighted by Gasteiger charge is 2.11. The van der Waals surface area contributed by atoms with Gasteiger partial charge in [0, 0.05) is 37.5 Å². The maximum Gasteiger partial charge on any atom is 0.191 e. The van der Waals surface area contributed by atoms with Crippen molar-refractivity contribution in [3.8, 4) is 0 Å². The largest absolute Gasteiger partial charge is 0.356 e. The second-order valence-corrected chi connectivity index (χ2v) is 8.00. The summed E-state index contributed by atoms with van der Waals surface area (Å²) in [5.41, 5.74) is 2.69. The molecule has 1 aliphatic heterocycles. The normalized spacial score (nSPS) is 16.6. The number of aliphatic imine (C=N–C) groups is 1. The number of nitrogens with zero attached hydrogens (tertiary/aromatic N) is 2. The second-order valence-electron chi connectivity index (χ2n) is 7.02. The van der Waals surface area contributed by atoms with Crippen LogP contribution in [0.1, 0.15) is 41.7 Å². The van der Waals surface area contributed by atoms with Gasteiger partial charge in [-0.25, -0.2) is 0 Å². The van der Waals surface area contributed by atoms with Gasteiger partial charge in [-0.1, -0.05) is 37.3 Å². The molecule has 1 unspecified atom stereocenters. The van der Waals surface area contributed by atoms with E-state index in [0.29, 0.717) is 5.92 Å². The summed E-state index contributed by atoms with van der Waals surface area (Å²) in [6.45, 7) is 7.49. The third-order valence-electron chi connectivity index (χ3n) is 4.92. The van der Waals surface area contributed by atoms with Gasteiger partial charge in [-0.3, -0.25) is 9.89 Å². The number of thiophene rings is 1. The van der Waals surface area contributed by atoms with Crippen LogP contribution in [0.2, 0.25) is 0 Å². The van der Waals surface area contributed by atoms with Crippen LogP contribution in [-0.2, 0) is 13.1 Å². The summed E-state index contributed by atoms with van der Waals surface area (Å²) >= 11 is 1.81. The van der Waals surface area contributed by atoms with E-state index < -0.39 is 0 Å². The minimum atomic E-state index is 0.485. The van der Waals surface area contributed by atoms with Crippen LogP contribution in [0.25, 0.3) is 0 Å². The fourth-order valence-corrected chi connectivity index (χ4v) is 4.08. The molecule has 0 saturated carbocycles. The summed E-state index contributed by atoms with van der Waals surface area (Å²) < 4.78 is 0. The third kappa shape index (κ3) is 5.58. The fourth-order valence-electron chi connectivity index (χ4n) is 3.29. The number of likely N-dealkylation sites (tertiary alicyclic amines) is 1. The Balaban J connectivity index is 1.43. The van der Waals surface area contributed by atoms with Gasteiger partial charge < -0.3 is 10.6 Å². The van der Waals surface area contributed by atoms with Gasteiger partial charge in [-0.15, -0.1) is 11.3 Å². The molecular weight excluding hydrogens is 340 g/mol. The molecule has 1 aromatic heterocycles. The van der Waals surface area contributed by atoms with Crippen molar-refractivity contribution < 1.29 is 0 Å². The summed E-state index contributed by atoms with van der Waals surface area (Å²) in [6.07, 6.45) is 2.69. The molecule has 140 valence electrons. The van der Waals surface area contributed by atoms with Crippen LogP contribution in [0.3, 0.4) is 0 Å². The average molecular weight is 371 g/mol. The van der Waals surface area contributed by atoms with Crippen molar-refractivity contribution in [2.24, 2.45) is 4.99 Å². The van der Waals surface area contributed by atoms with E-state index in [2.05, 4.69) is 69.2 Å². The molecule has 1 aliphatic rings. The van der Waals surface area contributed by atoms with Crippen molar-refractivity contribution in [2.45, 2.75) is 38.8 Å². The van der Waals surface area contributed by atoms with Crippen LogP contribution in [0.5, 0.6) is 0 Å². The Bertz CT molecular complexity index is 673. The van der Waals surface area contributed by atoms with Crippen LogP contribution in [0.15, 0.2) is 46.8 Å². The first kappa shape index (κ1) is 18.9. The van der Waals surface area contributed by atoms with Crippen molar-refractivity contribution in [1.82, 2.24) is 15.5 Å². The summed E-state index contributed by atoms with van der Waals surface area (Å²) in [6, 6.07) is 13.3. The van der Waals surface area contributed by atoms with Crippen molar-refractivity contribution >= 4 is 17.3 Å². The topological polar surface area (TPSA) is 39.7 Å². The SMILES string of the molecule is CN=C(NCc1ccc(CN2CCCC2)cc1)NCC(C)c1cccs1. The van der Waals surface area contributed by atoms with Crippen LogP contribution in [0.4, 0.5) is 0 Å². The van der Waals surface area contributed by atoms with Crippen molar-refractivity contribution in [3.63, 3.8) is 0 Å². The minimum Gasteiger partial charge on any atom is -0.356 e. The zero-order valence-corrected chi connectivity index (χ0v) is 16.7. The smallest absolute Gasteiger partial charge is 0.191 e. The molecule has 26 heavy (non-hydrogen) atoms. The molecule has 5 heteroatoms. The molecule has 0 aliphatic carbocycles. The van der Waals surface area contributed by atoms with Gasteiger partial charge in [0.05, 0.1) is 0 Å². The third-order valence-corrected chi connectivity index (χ3v) is 6.02. The van der Waals surface area contributed by atoms with E-state index in [4.69, 9.17) is 0 Å². The minimum absolute atomic E-state index is 0.485. The van der Waals surface area contributed by atoms with E-state index in [-0.39, 0.29) is 0 Å². The van der Waals surface area contributed by atoms with Crippen LogP contribution < -0.4 is 10.6 Å². The number of rotatable bonds is 7. The first-order valence-corrected chi connectivity index (χ1v) is 10.4. The Kier molecular flexibility index (Phi) is 7.09. The summed E-state index contributed by atoms with van der Waals surface area (Å²) in [4.78, 5) is 8.27. The molecular formula is C21H30N4S. The Hall–Kier alpha value is -1.85. The second kappa shape index (κ2) is 9.74. The molecule has 2 heterocycles. The van der Waals surface area contributed by atoms with Crippen LogP contribution in [-0.4, -0.2) is 37.5 Å². The Morgan fingerprint density at radius 3 is 2.50 bits per heavy atom. The van der Waals surface area contributed by atoms with Crippen LogP contribution >= 0.6 is 11.3 Å². The van der Waals surface area contributed by atoms with E-state index in [1.54, 1.807) is 0 Å². The number of guanidine groups is 1. The van der Waals surface area contributed by atoms with Gasteiger partial charge >= 0.3 is 0 Å². The van der Waals surface area contributed by atoms with Gasteiger partial charge in [-0.2, -0.15) is 0 Å². The molecule has 0 spiro atoms. The molecule has 1 atom stereocenters. The van der Waals surface area contributed by atoms with Gasteiger partial charge in [0.1, 0.15) is 0 Å². The van der Waals surface area contributed by atoms with Gasteiger partial charge in [0.2, 0.25) is 0 Å². The standard InChI is InChI=1S/C21H30N4S/c1-17(20-6-5-13-26-20)14-23-21(22-2)24-15-18-7-9-19(10-8-18)16-25-11-3-4-12-25/h5-10,13,17H,3-4,11-12,14-16H2,1-2H3,(H2,22,23,24). The number of benzene rings is 1. The Labute approximate surface area is 161 Å². The monoisotopic (exact) mass is 370 g/mol. The first-order valence-electron chi connectivity index (χ1n) is 9.52. The fraction of sp³-hybridized carbons (Fsp3) is 0.476. The molecule has 1 aromatic carbocycles. The summed E-state index contributed by atoms with van der Waals surface area (Å²) in [5.74, 6) is 1.34. The van der Waals surface area contributed by atoms with Crippen molar-refractivity contribution in [2.75, 3.05) is 26.7 Å². The lowest BCUT2D eigenvalue weighted by Gasteiger charge is -2.16. The highest BCUT2D eigenvalue weighted by Crippen LogP contribution is 2.19.